The van der Waals surface area contributed by atoms with Crippen molar-refractivity contribution in [3.8, 4) is 0 Å². The molecule has 0 aromatic heterocycles. The average molecular weight is 352 g/mol. The van der Waals surface area contributed by atoms with Crippen molar-refractivity contribution >= 4 is 27.6 Å². The van der Waals surface area contributed by atoms with Gasteiger partial charge in [-0.15, -0.1) is 0 Å². The second-order valence-electron chi connectivity index (χ2n) is 6.42. The first-order chi connectivity index (χ1) is 11.2. The van der Waals surface area contributed by atoms with E-state index in [1.54, 1.807) is 17.0 Å². The minimum atomic E-state index is -3.72. The van der Waals surface area contributed by atoms with Crippen LogP contribution in [0.2, 0.25) is 0 Å². The van der Waals surface area contributed by atoms with Crippen molar-refractivity contribution in [2.24, 2.45) is 5.92 Å². The fourth-order valence-electron chi connectivity index (χ4n) is 3.54. The molecule has 2 heterocycles. The molecule has 1 aromatic carbocycles. The van der Waals surface area contributed by atoms with Gasteiger partial charge in [0, 0.05) is 31.7 Å². The molecule has 1 saturated heterocycles. The number of anilines is 1. The van der Waals surface area contributed by atoms with Gasteiger partial charge in [0.1, 0.15) is 0 Å². The van der Waals surface area contributed by atoms with Crippen LogP contribution in [0, 0.1) is 5.92 Å². The number of fused-ring (bicyclic) bond motifs is 1. The molecule has 2 aliphatic heterocycles. The lowest BCUT2D eigenvalue weighted by Gasteiger charge is -2.21. The van der Waals surface area contributed by atoms with E-state index in [1.807, 2.05) is 6.92 Å². The highest BCUT2D eigenvalue weighted by Gasteiger charge is 2.37. The quantitative estimate of drug-likeness (QED) is 0.878. The van der Waals surface area contributed by atoms with Crippen molar-refractivity contribution in [3.05, 3.63) is 23.8 Å². The molecule has 1 fully saturated rings. The molecule has 130 valence electrons. The third-order valence-electron chi connectivity index (χ3n) is 4.74. The van der Waals surface area contributed by atoms with E-state index in [2.05, 4.69) is 0 Å². The fraction of sp³-hybridized carbons (Fsp3) is 0.500. The maximum Gasteiger partial charge on any atom is 0.307 e. The van der Waals surface area contributed by atoms with Crippen LogP contribution in [-0.4, -0.2) is 48.8 Å². The highest BCUT2D eigenvalue weighted by atomic mass is 32.2. The number of carboxylic acids is 1. The third kappa shape index (κ3) is 2.69. The van der Waals surface area contributed by atoms with Crippen LogP contribution in [-0.2, 0) is 26.0 Å². The molecule has 8 heteroatoms. The molecular formula is C16H20N2O5S. The number of benzene rings is 1. The Morgan fingerprint density at radius 2 is 2.00 bits per heavy atom. The van der Waals surface area contributed by atoms with E-state index in [0.29, 0.717) is 12.8 Å². The Hall–Kier alpha value is -1.93. The first-order valence-corrected chi connectivity index (χ1v) is 9.31. The lowest BCUT2D eigenvalue weighted by atomic mass is 10.1. The summed E-state index contributed by atoms with van der Waals surface area (Å²) in [5, 5.41) is 9.05. The number of rotatable bonds is 3. The maximum absolute atomic E-state index is 12.8. The third-order valence-corrected chi connectivity index (χ3v) is 6.60. The van der Waals surface area contributed by atoms with Crippen LogP contribution >= 0.6 is 0 Å². The van der Waals surface area contributed by atoms with Gasteiger partial charge in [0.05, 0.1) is 10.8 Å². The summed E-state index contributed by atoms with van der Waals surface area (Å²) in [5.41, 5.74) is 1.58. The molecule has 1 aromatic rings. The minimum Gasteiger partial charge on any atom is -0.481 e. The second kappa shape index (κ2) is 5.86. The number of hydrogen-bond donors (Lipinski definition) is 1. The van der Waals surface area contributed by atoms with Crippen LogP contribution in [0.25, 0.3) is 0 Å². The Morgan fingerprint density at radius 1 is 1.29 bits per heavy atom. The molecule has 2 atom stereocenters. The van der Waals surface area contributed by atoms with E-state index in [9.17, 15) is 18.0 Å². The van der Waals surface area contributed by atoms with Crippen LogP contribution in [0.1, 0.15) is 25.8 Å². The Kier molecular flexibility index (Phi) is 4.13. The number of amides is 1. The zero-order valence-electron chi connectivity index (χ0n) is 13.6. The second-order valence-corrected chi connectivity index (χ2v) is 8.36. The molecule has 0 radical (unpaired) electrons. The van der Waals surface area contributed by atoms with Crippen LogP contribution < -0.4 is 4.90 Å². The molecular weight excluding hydrogens is 332 g/mol. The summed E-state index contributed by atoms with van der Waals surface area (Å²) >= 11 is 0. The monoisotopic (exact) mass is 352 g/mol. The zero-order valence-corrected chi connectivity index (χ0v) is 14.4. The molecule has 2 aliphatic rings. The largest absolute Gasteiger partial charge is 0.481 e. The Bertz CT molecular complexity index is 805. The molecule has 1 amide bonds. The highest BCUT2D eigenvalue weighted by molar-refractivity contribution is 7.89. The number of carboxylic acid groups (broad SMARTS) is 1. The number of hydrogen-bond acceptors (Lipinski definition) is 4. The number of sulfonamides is 1. The molecule has 7 nitrogen and oxygen atoms in total. The lowest BCUT2D eigenvalue weighted by molar-refractivity contribution is -0.141. The van der Waals surface area contributed by atoms with Crippen molar-refractivity contribution in [1.82, 2.24) is 4.31 Å². The molecule has 0 aliphatic carbocycles. The first kappa shape index (κ1) is 16.9. The van der Waals surface area contributed by atoms with E-state index in [4.69, 9.17) is 5.11 Å². The van der Waals surface area contributed by atoms with Gasteiger partial charge in [-0.1, -0.05) is 0 Å². The number of carbonyl (C=O) groups is 2. The van der Waals surface area contributed by atoms with E-state index >= 15 is 0 Å². The van der Waals surface area contributed by atoms with Crippen molar-refractivity contribution < 1.29 is 23.1 Å². The van der Waals surface area contributed by atoms with Gasteiger partial charge in [-0.3, -0.25) is 9.59 Å². The Labute approximate surface area is 140 Å². The van der Waals surface area contributed by atoms with Crippen molar-refractivity contribution in [2.75, 3.05) is 18.0 Å². The predicted molar refractivity (Wildman–Crippen MR) is 87.3 cm³/mol. The van der Waals surface area contributed by atoms with Crippen LogP contribution in [0.4, 0.5) is 5.69 Å². The molecule has 24 heavy (non-hydrogen) atoms. The molecule has 0 saturated carbocycles. The van der Waals surface area contributed by atoms with E-state index < -0.39 is 21.9 Å². The topological polar surface area (TPSA) is 95.0 Å². The number of aliphatic carboxylic acids is 1. The van der Waals surface area contributed by atoms with E-state index in [0.717, 1.165) is 11.3 Å². The predicted octanol–water partition coefficient (Wildman–Crippen LogP) is 1.08. The van der Waals surface area contributed by atoms with Crippen molar-refractivity contribution in [2.45, 2.75) is 37.6 Å². The summed E-state index contributed by atoms with van der Waals surface area (Å²) < 4.78 is 26.7. The normalized spacial score (nSPS) is 24.2. The van der Waals surface area contributed by atoms with Gasteiger partial charge in [-0.2, -0.15) is 4.31 Å². The standard InChI is InChI=1S/C16H20N2O5S/c1-10-7-13-8-14(3-4-15(13)18(10)11(2)19)24(22,23)17-6-5-12(9-17)16(20)21/h3-4,8,10,12H,5-7,9H2,1-2H3,(H,20,21). The Morgan fingerprint density at radius 3 is 2.58 bits per heavy atom. The van der Waals surface area contributed by atoms with Gasteiger partial charge in [-0.25, -0.2) is 8.42 Å². The van der Waals surface area contributed by atoms with Crippen LogP contribution in [0.3, 0.4) is 0 Å². The SMILES string of the molecule is CC(=O)N1c2ccc(S(=O)(=O)N3CCC(C(=O)O)C3)cc2CC1C. The van der Waals surface area contributed by atoms with Gasteiger partial charge in [0.15, 0.2) is 0 Å². The number of nitrogens with zero attached hydrogens (tertiary/aromatic N) is 2. The summed E-state index contributed by atoms with van der Waals surface area (Å²) in [4.78, 5) is 24.6. The Balaban J connectivity index is 1.90. The van der Waals surface area contributed by atoms with Crippen LogP contribution in [0.5, 0.6) is 0 Å². The first-order valence-electron chi connectivity index (χ1n) is 7.87. The molecule has 2 unspecified atom stereocenters. The van der Waals surface area contributed by atoms with Gasteiger partial charge >= 0.3 is 5.97 Å². The summed E-state index contributed by atoms with van der Waals surface area (Å²) in [6.07, 6.45) is 0.935. The summed E-state index contributed by atoms with van der Waals surface area (Å²) in [7, 11) is -3.72. The summed E-state index contributed by atoms with van der Waals surface area (Å²) in [6.45, 7) is 3.64. The minimum absolute atomic E-state index is 0.00127. The van der Waals surface area contributed by atoms with Gasteiger partial charge < -0.3 is 10.0 Å². The van der Waals surface area contributed by atoms with E-state index in [1.165, 1.54) is 17.3 Å². The van der Waals surface area contributed by atoms with E-state index in [-0.39, 0.29) is 29.9 Å². The van der Waals surface area contributed by atoms with Crippen molar-refractivity contribution in [1.29, 1.82) is 0 Å². The summed E-state index contributed by atoms with van der Waals surface area (Å²) in [6, 6.07) is 4.77. The smallest absolute Gasteiger partial charge is 0.307 e. The maximum atomic E-state index is 12.8. The zero-order chi connectivity index (χ0) is 17.6. The van der Waals surface area contributed by atoms with Gasteiger partial charge in [0.25, 0.3) is 0 Å². The highest BCUT2D eigenvalue weighted by Crippen LogP contribution is 2.35. The lowest BCUT2D eigenvalue weighted by Crippen LogP contribution is -2.33. The molecule has 0 bridgehead atoms. The fourth-order valence-corrected chi connectivity index (χ4v) is 5.10. The van der Waals surface area contributed by atoms with Crippen molar-refractivity contribution in [3.63, 3.8) is 0 Å². The molecule has 1 N–H and O–H groups in total. The number of carbonyl (C=O) groups excluding carboxylic acids is 1. The average Bonchev–Trinajstić information content (AvgIpc) is 3.10. The molecule has 0 spiro atoms. The summed E-state index contributed by atoms with van der Waals surface area (Å²) in [5.74, 6) is -1.68. The van der Waals surface area contributed by atoms with Gasteiger partial charge in [-0.05, 0) is 43.5 Å². The van der Waals surface area contributed by atoms with Gasteiger partial charge in [0.2, 0.25) is 15.9 Å². The van der Waals surface area contributed by atoms with Crippen LogP contribution in [0.15, 0.2) is 23.1 Å². The molecule has 3 rings (SSSR count).